The Morgan fingerprint density at radius 3 is 2.44 bits per heavy atom. The van der Waals surface area contributed by atoms with Gasteiger partial charge in [0.15, 0.2) is 0 Å². The number of rotatable bonds is 4. The Labute approximate surface area is 144 Å². The summed E-state index contributed by atoms with van der Waals surface area (Å²) in [5.74, 6) is -1.02. The maximum Gasteiger partial charge on any atom is 0.360 e. The van der Waals surface area contributed by atoms with Gasteiger partial charge in [0.1, 0.15) is 5.75 Å². The number of fused-ring (bicyclic) bond motifs is 1. The average molecular weight is 338 g/mol. The van der Waals surface area contributed by atoms with Crippen molar-refractivity contribution in [3.63, 3.8) is 0 Å². The molecule has 0 saturated heterocycles. The molecular weight excluding hydrogens is 320 g/mol. The minimum absolute atomic E-state index is 0.153. The van der Waals surface area contributed by atoms with Crippen LogP contribution in [0.2, 0.25) is 0 Å². The molecule has 1 N–H and O–H groups in total. The molecule has 0 spiro atoms. The number of carbonyl (C=O) groups is 1. The minimum atomic E-state index is -1.37. The van der Waals surface area contributed by atoms with E-state index in [4.69, 9.17) is 4.74 Å². The zero-order chi connectivity index (χ0) is 18.1. The molecule has 0 saturated carbocycles. The lowest BCUT2D eigenvalue weighted by atomic mass is 10.1. The van der Waals surface area contributed by atoms with Crippen molar-refractivity contribution in [1.82, 2.24) is 9.78 Å². The van der Waals surface area contributed by atoms with E-state index in [9.17, 15) is 14.7 Å². The Morgan fingerprint density at radius 2 is 1.84 bits per heavy atom. The van der Waals surface area contributed by atoms with Crippen LogP contribution in [0, 0.1) is 6.92 Å². The number of aromatic carboxylic acids is 1. The zero-order valence-electron chi connectivity index (χ0n) is 14.2. The molecule has 6 nitrogen and oxygen atoms in total. The first kappa shape index (κ1) is 16.7. The summed E-state index contributed by atoms with van der Waals surface area (Å²) >= 11 is 0. The second-order valence-electron chi connectivity index (χ2n) is 6.05. The number of hydrogen-bond donors (Lipinski definition) is 1. The van der Waals surface area contributed by atoms with Crippen LogP contribution < -0.4 is 10.2 Å². The van der Waals surface area contributed by atoms with Crippen LogP contribution in [0.15, 0.2) is 47.3 Å². The summed E-state index contributed by atoms with van der Waals surface area (Å²) in [6.45, 7) is 5.64. The number of benzene rings is 2. The van der Waals surface area contributed by atoms with Gasteiger partial charge in [-0.05, 0) is 45.0 Å². The van der Waals surface area contributed by atoms with Crippen molar-refractivity contribution in [3.8, 4) is 11.4 Å². The fraction of sp³-hybridized carbons (Fsp3) is 0.211. The lowest BCUT2D eigenvalue weighted by Crippen LogP contribution is -2.23. The van der Waals surface area contributed by atoms with E-state index in [1.165, 1.54) is 4.68 Å². The molecule has 6 heteroatoms. The number of hydrogen-bond acceptors (Lipinski definition) is 4. The van der Waals surface area contributed by atoms with Crippen LogP contribution in [0.5, 0.6) is 5.75 Å². The quantitative estimate of drug-likeness (QED) is 0.790. The van der Waals surface area contributed by atoms with Crippen LogP contribution >= 0.6 is 0 Å². The van der Waals surface area contributed by atoms with Crippen molar-refractivity contribution in [1.29, 1.82) is 0 Å². The third-order valence-corrected chi connectivity index (χ3v) is 3.72. The molecular formula is C19H18N2O4. The number of aromatic nitrogens is 2. The average Bonchev–Trinajstić information content (AvgIpc) is 2.55. The molecule has 1 heterocycles. The molecule has 3 rings (SSSR count). The largest absolute Gasteiger partial charge is 0.490 e. The van der Waals surface area contributed by atoms with Crippen LogP contribution in [0.3, 0.4) is 0 Å². The fourth-order valence-electron chi connectivity index (χ4n) is 2.62. The third kappa shape index (κ3) is 3.10. The van der Waals surface area contributed by atoms with E-state index in [0.29, 0.717) is 17.0 Å². The molecule has 0 atom stereocenters. The van der Waals surface area contributed by atoms with Gasteiger partial charge in [-0.25, -0.2) is 9.48 Å². The van der Waals surface area contributed by atoms with E-state index in [1.54, 1.807) is 18.2 Å². The Balaban J connectivity index is 2.41. The summed E-state index contributed by atoms with van der Waals surface area (Å²) < 4.78 is 7.18. The number of carboxylic acid groups (broad SMARTS) is 1. The molecule has 0 bridgehead atoms. The first-order chi connectivity index (χ1) is 11.9. The summed E-state index contributed by atoms with van der Waals surface area (Å²) in [6.07, 6.45) is -0.153. The highest BCUT2D eigenvalue weighted by atomic mass is 16.5. The van der Waals surface area contributed by atoms with Gasteiger partial charge in [0.25, 0.3) is 0 Å². The lowest BCUT2D eigenvalue weighted by Gasteiger charge is -2.15. The summed E-state index contributed by atoms with van der Waals surface area (Å²) in [5, 5.41) is 13.7. The Kier molecular flexibility index (Phi) is 4.27. The highest BCUT2D eigenvalue weighted by molar-refractivity contribution is 5.93. The van der Waals surface area contributed by atoms with Gasteiger partial charge in [-0.2, -0.15) is 5.10 Å². The number of nitrogens with zero attached hydrogens (tertiary/aromatic N) is 2. The van der Waals surface area contributed by atoms with E-state index in [2.05, 4.69) is 5.10 Å². The van der Waals surface area contributed by atoms with Gasteiger partial charge in [-0.15, -0.1) is 0 Å². The predicted octanol–water partition coefficient (Wildman–Crippen LogP) is 3.18. The monoisotopic (exact) mass is 338 g/mol. The molecule has 3 aromatic rings. The first-order valence-electron chi connectivity index (χ1n) is 7.91. The summed E-state index contributed by atoms with van der Waals surface area (Å²) in [5.41, 5.74) is 1.04. The molecule has 25 heavy (non-hydrogen) atoms. The SMILES string of the molecule is Cc1ccc(-n2nc(C(=O)O)c(=O)c3c(OC(C)C)cccc32)cc1. The van der Waals surface area contributed by atoms with Gasteiger partial charge >= 0.3 is 5.97 Å². The normalized spacial score (nSPS) is 11.0. The molecule has 0 fully saturated rings. The highest BCUT2D eigenvalue weighted by Crippen LogP contribution is 2.25. The van der Waals surface area contributed by atoms with Gasteiger partial charge < -0.3 is 9.84 Å². The molecule has 0 radical (unpaired) electrons. The van der Waals surface area contributed by atoms with Crippen molar-refractivity contribution >= 4 is 16.9 Å². The van der Waals surface area contributed by atoms with Crippen LogP contribution in [0.25, 0.3) is 16.6 Å². The van der Waals surface area contributed by atoms with Crippen molar-refractivity contribution in [2.75, 3.05) is 0 Å². The maximum absolute atomic E-state index is 12.7. The molecule has 0 unspecified atom stereocenters. The Bertz CT molecular complexity index is 1000. The van der Waals surface area contributed by atoms with Gasteiger partial charge in [0.05, 0.1) is 22.7 Å². The molecule has 2 aromatic carbocycles. The molecule has 0 aliphatic heterocycles. The standard InChI is InChI=1S/C19H18N2O4/c1-11(2)25-15-6-4-5-14-16(15)18(22)17(19(23)24)20-21(14)13-9-7-12(3)8-10-13/h4-11H,1-3H3,(H,23,24). The molecule has 0 aliphatic rings. The molecule has 1 aromatic heterocycles. The minimum Gasteiger partial charge on any atom is -0.490 e. The van der Waals surface area contributed by atoms with Crippen molar-refractivity contribution in [3.05, 3.63) is 63.9 Å². The lowest BCUT2D eigenvalue weighted by molar-refractivity contribution is 0.0687. The smallest absolute Gasteiger partial charge is 0.360 e. The molecule has 128 valence electrons. The van der Waals surface area contributed by atoms with Gasteiger partial charge in [-0.1, -0.05) is 23.8 Å². The number of carboxylic acids is 1. The third-order valence-electron chi connectivity index (χ3n) is 3.72. The number of aryl methyl sites for hydroxylation is 1. The van der Waals surface area contributed by atoms with Crippen LogP contribution in [0.1, 0.15) is 29.9 Å². The van der Waals surface area contributed by atoms with Gasteiger partial charge in [-0.3, -0.25) is 4.79 Å². The van der Waals surface area contributed by atoms with Crippen molar-refractivity contribution < 1.29 is 14.6 Å². The fourth-order valence-corrected chi connectivity index (χ4v) is 2.62. The van der Waals surface area contributed by atoms with E-state index >= 15 is 0 Å². The topological polar surface area (TPSA) is 81.4 Å². The van der Waals surface area contributed by atoms with Crippen molar-refractivity contribution in [2.45, 2.75) is 26.9 Å². The van der Waals surface area contributed by atoms with Crippen LogP contribution in [0.4, 0.5) is 0 Å². The molecule has 0 amide bonds. The number of ether oxygens (including phenoxy) is 1. The summed E-state index contributed by atoms with van der Waals surface area (Å²) in [7, 11) is 0. The van der Waals surface area contributed by atoms with Crippen molar-refractivity contribution in [2.24, 2.45) is 0 Å². The first-order valence-corrected chi connectivity index (χ1v) is 7.91. The van der Waals surface area contributed by atoms with E-state index in [0.717, 1.165) is 5.56 Å². The Hall–Kier alpha value is -3.15. The second-order valence-corrected chi connectivity index (χ2v) is 6.05. The summed E-state index contributed by atoms with van der Waals surface area (Å²) in [4.78, 5) is 24.2. The van der Waals surface area contributed by atoms with E-state index in [1.807, 2.05) is 45.0 Å². The van der Waals surface area contributed by atoms with Gasteiger partial charge in [0, 0.05) is 0 Å². The second kappa shape index (κ2) is 6.39. The van der Waals surface area contributed by atoms with Crippen LogP contribution in [-0.4, -0.2) is 27.0 Å². The maximum atomic E-state index is 12.7. The van der Waals surface area contributed by atoms with E-state index < -0.39 is 17.1 Å². The predicted molar refractivity (Wildman–Crippen MR) is 94.8 cm³/mol. The molecule has 0 aliphatic carbocycles. The zero-order valence-corrected chi connectivity index (χ0v) is 14.2. The van der Waals surface area contributed by atoms with E-state index in [-0.39, 0.29) is 11.5 Å². The highest BCUT2D eigenvalue weighted by Gasteiger charge is 2.20. The summed E-state index contributed by atoms with van der Waals surface area (Å²) in [6, 6.07) is 12.6. The van der Waals surface area contributed by atoms with Gasteiger partial charge in [0.2, 0.25) is 11.1 Å². The van der Waals surface area contributed by atoms with Crippen LogP contribution in [-0.2, 0) is 0 Å². The Morgan fingerprint density at radius 1 is 1.16 bits per heavy atom.